The standard InChI is InChI=1S/C13H23N3OS/c1-13(2,14)8-12(17)15-9-10(16(3)4)11-6-5-7-18-11/h5-7,10H,8-9,14H2,1-4H3,(H,15,17). The zero-order chi connectivity index (χ0) is 13.8. The monoisotopic (exact) mass is 269 g/mol. The molecule has 1 rings (SSSR count). The topological polar surface area (TPSA) is 58.4 Å². The molecule has 1 atom stereocenters. The summed E-state index contributed by atoms with van der Waals surface area (Å²) < 4.78 is 0. The van der Waals surface area contributed by atoms with Gasteiger partial charge in [0.1, 0.15) is 0 Å². The maximum Gasteiger partial charge on any atom is 0.221 e. The SMILES string of the molecule is CN(C)C(CNC(=O)CC(C)(C)N)c1cccs1. The van der Waals surface area contributed by atoms with Crippen LogP contribution in [-0.2, 0) is 4.79 Å². The lowest BCUT2D eigenvalue weighted by Crippen LogP contribution is -2.41. The van der Waals surface area contributed by atoms with Crippen LogP contribution in [0.25, 0.3) is 0 Å². The van der Waals surface area contributed by atoms with Crippen molar-refractivity contribution in [3.63, 3.8) is 0 Å². The van der Waals surface area contributed by atoms with Crippen LogP contribution in [0.4, 0.5) is 0 Å². The molecule has 1 aromatic rings. The van der Waals surface area contributed by atoms with Gasteiger partial charge in [0, 0.05) is 23.4 Å². The average Bonchev–Trinajstić information content (AvgIpc) is 2.67. The number of nitrogens with two attached hydrogens (primary N) is 1. The van der Waals surface area contributed by atoms with Crippen molar-refractivity contribution in [1.82, 2.24) is 10.2 Å². The molecule has 1 aromatic heterocycles. The minimum atomic E-state index is -0.458. The third kappa shape index (κ3) is 5.16. The third-order valence-electron chi connectivity index (χ3n) is 2.60. The second-order valence-electron chi connectivity index (χ2n) is 5.46. The van der Waals surface area contributed by atoms with Crippen LogP contribution in [0.1, 0.15) is 31.2 Å². The molecule has 3 N–H and O–H groups in total. The molecular formula is C13H23N3OS. The number of carbonyl (C=O) groups excluding carboxylic acids is 1. The first-order valence-electron chi connectivity index (χ1n) is 6.05. The highest BCUT2D eigenvalue weighted by atomic mass is 32.1. The van der Waals surface area contributed by atoms with Crippen LogP contribution in [0.3, 0.4) is 0 Å². The Kier molecular flexibility index (Phi) is 5.31. The zero-order valence-corrected chi connectivity index (χ0v) is 12.4. The lowest BCUT2D eigenvalue weighted by atomic mass is 10.0. The molecule has 5 heteroatoms. The van der Waals surface area contributed by atoms with E-state index < -0.39 is 5.54 Å². The number of amides is 1. The third-order valence-corrected chi connectivity index (χ3v) is 3.58. The van der Waals surface area contributed by atoms with Gasteiger partial charge in [-0.25, -0.2) is 0 Å². The Hall–Kier alpha value is -0.910. The number of carbonyl (C=O) groups is 1. The second kappa shape index (κ2) is 6.31. The molecule has 0 aromatic carbocycles. The molecule has 1 unspecified atom stereocenters. The van der Waals surface area contributed by atoms with Gasteiger partial charge >= 0.3 is 0 Å². The molecule has 1 amide bonds. The Morgan fingerprint density at radius 3 is 2.67 bits per heavy atom. The van der Waals surface area contributed by atoms with E-state index in [1.165, 1.54) is 4.88 Å². The quantitative estimate of drug-likeness (QED) is 0.824. The fourth-order valence-corrected chi connectivity index (χ4v) is 2.63. The Bertz CT molecular complexity index is 368. The normalized spacial score (nSPS) is 13.7. The Morgan fingerprint density at radius 2 is 2.22 bits per heavy atom. The molecule has 1 heterocycles. The largest absolute Gasteiger partial charge is 0.354 e. The van der Waals surface area contributed by atoms with Crippen molar-refractivity contribution in [2.24, 2.45) is 5.73 Å². The van der Waals surface area contributed by atoms with E-state index in [4.69, 9.17) is 5.73 Å². The molecule has 0 aliphatic heterocycles. The molecule has 0 aliphatic carbocycles. The van der Waals surface area contributed by atoms with Crippen LogP contribution in [-0.4, -0.2) is 37.0 Å². The number of thiophene rings is 1. The van der Waals surface area contributed by atoms with Gasteiger partial charge in [-0.15, -0.1) is 11.3 Å². The van der Waals surface area contributed by atoms with Crippen LogP contribution >= 0.6 is 11.3 Å². The van der Waals surface area contributed by atoms with E-state index in [0.29, 0.717) is 13.0 Å². The summed E-state index contributed by atoms with van der Waals surface area (Å²) in [6, 6.07) is 4.34. The van der Waals surface area contributed by atoms with Gasteiger partial charge in [-0.05, 0) is 39.4 Å². The average molecular weight is 269 g/mol. The van der Waals surface area contributed by atoms with E-state index in [9.17, 15) is 4.79 Å². The summed E-state index contributed by atoms with van der Waals surface area (Å²) in [7, 11) is 4.03. The lowest BCUT2D eigenvalue weighted by molar-refractivity contribution is -0.122. The number of rotatable bonds is 6. The number of nitrogens with zero attached hydrogens (tertiary/aromatic N) is 1. The molecule has 0 radical (unpaired) electrons. The number of nitrogens with one attached hydrogen (secondary N) is 1. The van der Waals surface area contributed by atoms with Crippen LogP contribution in [0, 0.1) is 0 Å². The van der Waals surface area contributed by atoms with Crippen molar-refractivity contribution in [2.75, 3.05) is 20.6 Å². The summed E-state index contributed by atoms with van der Waals surface area (Å²) in [5.41, 5.74) is 5.37. The fraction of sp³-hybridized carbons (Fsp3) is 0.615. The molecular weight excluding hydrogens is 246 g/mol. The highest BCUT2D eigenvalue weighted by Crippen LogP contribution is 2.22. The van der Waals surface area contributed by atoms with Gasteiger partial charge in [0.25, 0.3) is 0 Å². The van der Waals surface area contributed by atoms with Crippen LogP contribution in [0.15, 0.2) is 17.5 Å². The van der Waals surface area contributed by atoms with Crippen molar-refractivity contribution in [2.45, 2.75) is 31.8 Å². The maximum absolute atomic E-state index is 11.7. The fourth-order valence-electron chi connectivity index (χ4n) is 1.71. The van der Waals surface area contributed by atoms with E-state index in [1.54, 1.807) is 11.3 Å². The van der Waals surface area contributed by atoms with Crippen LogP contribution < -0.4 is 11.1 Å². The first kappa shape index (κ1) is 15.1. The first-order valence-corrected chi connectivity index (χ1v) is 6.93. The van der Waals surface area contributed by atoms with Gasteiger partial charge in [0.15, 0.2) is 0 Å². The number of likely N-dealkylation sites (N-methyl/N-ethyl adjacent to an activating group) is 1. The number of hydrogen-bond acceptors (Lipinski definition) is 4. The predicted octanol–water partition coefficient (Wildman–Crippen LogP) is 1.59. The van der Waals surface area contributed by atoms with E-state index in [-0.39, 0.29) is 11.9 Å². The van der Waals surface area contributed by atoms with Crippen molar-refractivity contribution in [3.05, 3.63) is 22.4 Å². The van der Waals surface area contributed by atoms with E-state index >= 15 is 0 Å². The van der Waals surface area contributed by atoms with Crippen LogP contribution in [0.5, 0.6) is 0 Å². The number of hydrogen-bond donors (Lipinski definition) is 2. The molecule has 18 heavy (non-hydrogen) atoms. The molecule has 0 spiro atoms. The smallest absolute Gasteiger partial charge is 0.221 e. The van der Waals surface area contributed by atoms with Crippen molar-refractivity contribution < 1.29 is 4.79 Å². The molecule has 4 nitrogen and oxygen atoms in total. The Labute approximate surface area is 113 Å². The maximum atomic E-state index is 11.7. The molecule has 0 bridgehead atoms. The predicted molar refractivity (Wildman–Crippen MR) is 76.6 cm³/mol. The Morgan fingerprint density at radius 1 is 1.56 bits per heavy atom. The van der Waals surface area contributed by atoms with Gasteiger partial charge in [0.05, 0.1) is 6.04 Å². The van der Waals surface area contributed by atoms with Gasteiger partial charge in [-0.3, -0.25) is 4.79 Å². The van der Waals surface area contributed by atoms with Gasteiger partial charge < -0.3 is 16.0 Å². The zero-order valence-electron chi connectivity index (χ0n) is 11.6. The van der Waals surface area contributed by atoms with Gasteiger partial charge in [0.2, 0.25) is 5.91 Å². The Balaban J connectivity index is 2.52. The minimum Gasteiger partial charge on any atom is -0.354 e. The van der Waals surface area contributed by atoms with Crippen molar-refractivity contribution in [3.8, 4) is 0 Å². The highest BCUT2D eigenvalue weighted by molar-refractivity contribution is 7.10. The summed E-state index contributed by atoms with van der Waals surface area (Å²) in [6.07, 6.45) is 0.345. The van der Waals surface area contributed by atoms with Crippen molar-refractivity contribution >= 4 is 17.2 Å². The summed E-state index contributed by atoms with van der Waals surface area (Å²) in [5.74, 6) is 0.00547. The van der Waals surface area contributed by atoms with E-state index in [1.807, 2.05) is 34.0 Å². The summed E-state index contributed by atoms with van der Waals surface area (Å²) in [6.45, 7) is 4.33. The lowest BCUT2D eigenvalue weighted by Gasteiger charge is -2.24. The van der Waals surface area contributed by atoms with E-state index in [0.717, 1.165) is 0 Å². The van der Waals surface area contributed by atoms with Crippen molar-refractivity contribution in [1.29, 1.82) is 0 Å². The second-order valence-corrected chi connectivity index (χ2v) is 6.44. The van der Waals surface area contributed by atoms with Gasteiger partial charge in [-0.1, -0.05) is 6.07 Å². The molecule has 102 valence electrons. The highest BCUT2D eigenvalue weighted by Gasteiger charge is 2.19. The van der Waals surface area contributed by atoms with Gasteiger partial charge in [-0.2, -0.15) is 0 Å². The molecule has 0 saturated carbocycles. The molecule has 0 saturated heterocycles. The van der Waals surface area contributed by atoms with Crippen LogP contribution in [0.2, 0.25) is 0 Å². The molecule has 0 aliphatic rings. The summed E-state index contributed by atoms with van der Waals surface area (Å²) >= 11 is 1.71. The summed E-state index contributed by atoms with van der Waals surface area (Å²) in [4.78, 5) is 15.1. The first-order chi connectivity index (χ1) is 8.29. The minimum absolute atomic E-state index is 0.00547. The molecule has 0 fully saturated rings. The summed E-state index contributed by atoms with van der Waals surface area (Å²) in [5, 5.41) is 5.01. The van der Waals surface area contributed by atoms with E-state index in [2.05, 4.69) is 21.7 Å².